The third-order valence-corrected chi connectivity index (χ3v) is 5.02. The number of thiazole rings is 1. The van der Waals surface area contributed by atoms with E-state index in [1.165, 1.54) is 11.3 Å². The first-order valence-electron chi connectivity index (χ1n) is 8.56. The quantitative estimate of drug-likeness (QED) is 0.722. The van der Waals surface area contributed by atoms with Gasteiger partial charge in [-0.3, -0.25) is 14.5 Å². The Morgan fingerprint density at radius 2 is 2.38 bits per heavy atom. The molecule has 1 aliphatic heterocycles. The number of nitrogens with one attached hydrogen (secondary N) is 1. The van der Waals surface area contributed by atoms with Gasteiger partial charge in [0, 0.05) is 24.4 Å². The summed E-state index contributed by atoms with van der Waals surface area (Å²) in [6.07, 6.45) is 7.83. The molecule has 1 atom stereocenters. The second-order valence-electron chi connectivity index (χ2n) is 6.17. The summed E-state index contributed by atoms with van der Waals surface area (Å²) in [5, 5.41) is 9.87. The second-order valence-corrected chi connectivity index (χ2v) is 7.03. The summed E-state index contributed by atoms with van der Waals surface area (Å²) in [6.45, 7) is 1.54. The number of carbonyl (C=O) groups excluding carboxylic acids is 1. The molecule has 1 aliphatic rings. The standard InChI is InChI=1S/C18H19N5O2S/c24-17(8-13-12-26-18(22-13)16-5-1-2-6-19-16)21-14-9-20-23(10-14)11-15-4-3-7-25-15/h1-2,5-6,9-10,12,15H,3-4,7-8,11H2,(H,21,24). The molecular formula is C18H19N5O2S. The first kappa shape index (κ1) is 16.9. The van der Waals surface area contributed by atoms with Gasteiger partial charge in [0.25, 0.3) is 0 Å². The molecule has 0 spiro atoms. The highest BCUT2D eigenvalue weighted by Gasteiger charge is 2.17. The van der Waals surface area contributed by atoms with Crippen molar-refractivity contribution in [2.24, 2.45) is 0 Å². The number of amides is 1. The van der Waals surface area contributed by atoms with Crippen LogP contribution in [0.25, 0.3) is 10.7 Å². The van der Waals surface area contributed by atoms with Gasteiger partial charge in [-0.25, -0.2) is 4.98 Å². The van der Waals surface area contributed by atoms with Crippen LogP contribution in [-0.2, 0) is 22.5 Å². The Balaban J connectivity index is 1.33. The molecule has 0 bridgehead atoms. The van der Waals surface area contributed by atoms with Gasteiger partial charge < -0.3 is 10.1 Å². The molecule has 4 heterocycles. The minimum absolute atomic E-state index is 0.112. The van der Waals surface area contributed by atoms with E-state index in [-0.39, 0.29) is 18.4 Å². The first-order chi connectivity index (χ1) is 12.8. The van der Waals surface area contributed by atoms with Gasteiger partial charge in [-0.05, 0) is 25.0 Å². The molecule has 1 unspecified atom stereocenters. The van der Waals surface area contributed by atoms with Gasteiger partial charge in [-0.2, -0.15) is 5.10 Å². The molecule has 3 aromatic rings. The maximum absolute atomic E-state index is 12.3. The maximum atomic E-state index is 12.3. The van der Waals surface area contributed by atoms with Crippen LogP contribution in [0.2, 0.25) is 0 Å². The minimum atomic E-state index is -0.112. The van der Waals surface area contributed by atoms with E-state index in [1.54, 1.807) is 12.4 Å². The predicted molar refractivity (Wildman–Crippen MR) is 98.9 cm³/mol. The Morgan fingerprint density at radius 3 is 3.19 bits per heavy atom. The predicted octanol–water partition coefficient (Wildman–Crippen LogP) is 2.76. The Morgan fingerprint density at radius 1 is 1.42 bits per heavy atom. The van der Waals surface area contributed by atoms with Gasteiger partial charge in [-0.15, -0.1) is 11.3 Å². The van der Waals surface area contributed by atoms with Crippen molar-refractivity contribution in [2.75, 3.05) is 11.9 Å². The average Bonchev–Trinajstić information content (AvgIpc) is 3.39. The largest absolute Gasteiger partial charge is 0.376 e. The summed E-state index contributed by atoms with van der Waals surface area (Å²) in [7, 11) is 0. The van der Waals surface area contributed by atoms with Crippen LogP contribution in [0, 0.1) is 0 Å². The summed E-state index contributed by atoms with van der Waals surface area (Å²) < 4.78 is 7.42. The molecule has 1 N–H and O–H groups in total. The molecule has 0 aromatic carbocycles. The van der Waals surface area contributed by atoms with Crippen LogP contribution in [0.15, 0.2) is 42.2 Å². The normalized spacial score (nSPS) is 16.7. The lowest BCUT2D eigenvalue weighted by atomic mass is 10.2. The van der Waals surface area contributed by atoms with Crippen molar-refractivity contribution in [3.05, 3.63) is 47.9 Å². The minimum Gasteiger partial charge on any atom is -0.376 e. The smallest absolute Gasteiger partial charge is 0.230 e. The van der Waals surface area contributed by atoms with Crippen LogP contribution >= 0.6 is 11.3 Å². The zero-order chi connectivity index (χ0) is 17.8. The van der Waals surface area contributed by atoms with Crippen molar-refractivity contribution in [1.29, 1.82) is 0 Å². The van der Waals surface area contributed by atoms with E-state index in [1.807, 2.05) is 34.5 Å². The summed E-state index contributed by atoms with van der Waals surface area (Å²) in [5.74, 6) is -0.112. The van der Waals surface area contributed by atoms with Crippen LogP contribution in [0.1, 0.15) is 18.5 Å². The zero-order valence-electron chi connectivity index (χ0n) is 14.2. The number of carbonyl (C=O) groups is 1. The SMILES string of the molecule is O=C(Cc1csc(-c2ccccn2)n1)Nc1cnn(CC2CCCO2)c1. The van der Waals surface area contributed by atoms with Gasteiger partial charge in [0.2, 0.25) is 5.91 Å². The summed E-state index contributed by atoms with van der Waals surface area (Å²) in [5.41, 5.74) is 2.24. The monoisotopic (exact) mass is 369 g/mol. The van der Waals surface area contributed by atoms with Gasteiger partial charge in [0.05, 0.1) is 42.3 Å². The highest BCUT2D eigenvalue weighted by Crippen LogP contribution is 2.21. The molecule has 8 heteroatoms. The lowest BCUT2D eigenvalue weighted by Gasteiger charge is -2.08. The Bertz CT molecular complexity index is 871. The van der Waals surface area contributed by atoms with Gasteiger partial charge in [0.1, 0.15) is 5.01 Å². The maximum Gasteiger partial charge on any atom is 0.230 e. The third kappa shape index (κ3) is 4.14. The summed E-state index contributed by atoms with van der Waals surface area (Å²) in [6, 6.07) is 5.69. The number of aromatic nitrogens is 4. The number of anilines is 1. The molecule has 0 saturated carbocycles. The van der Waals surface area contributed by atoms with Crippen molar-refractivity contribution in [3.8, 4) is 10.7 Å². The van der Waals surface area contributed by atoms with Gasteiger partial charge in [0.15, 0.2) is 0 Å². The molecule has 0 aliphatic carbocycles. The zero-order valence-corrected chi connectivity index (χ0v) is 15.0. The van der Waals surface area contributed by atoms with Crippen molar-refractivity contribution in [3.63, 3.8) is 0 Å². The Labute approximate surface area is 155 Å². The van der Waals surface area contributed by atoms with E-state index in [4.69, 9.17) is 4.74 Å². The lowest BCUT2D eigenvalue weighted by molar-refractivity contribution is -0.115. The van der Waals surface area contributed by atoms with E-state index in [0.717, 1.165) is 42.4 Å². The third-order valence-electron chi connectivity index (χ3n) is 4.11. The number of nitrogens with zero attached hydrogens (tertiary/aromatic N) is 4. The number of hydrogen-bond acceptors (Lipinski definition) is 6. The first-order valence-corrected chi connectivity index (χ1v) is 9.44. The van der Waals surface area contributed by atoms with E-state index in [9.17, 15) is 4.79 Å². The molecule has 0 radical (unpaired) electrons. The lowest BCUT2D eigenvalue weighted by Crippen LogP contribution is -2.16. The number of pyridine rings is 1. The van der Waals surface area contributed by atoms with Crippen LogP contribution in [0.4, 0.5) is 5.69 Å². The highest BCUT2D eigenvalue weighted by molar-refractivity contribution is 7.13. The topological polar surface area (TPSA) is 81.9 Å². The fourth-order valence-corrected chi connectivity index (χ4v) is 3.68. The fraction of sp³-hybridized carbons (Fsp3) is 0.333. The van der Waals surface area contributed by atoms with E-state index in [2.05, 4.69) is 20.4 Å². The molecule has 134 valence electrons. The van der Waals surface area contributed by atoms with E-state index >= 15 is 0 Å². The summed E-state index contributed by atoms with van der Waals surface area (Å²) >= 11 is 1.49. The van der Waals surface area contributed by atoms with Crippen LogP contribution in [-0.4, -0.2) is 38.4 Å². The molecular weight excluding hydrogens is 350 g/mol. The van der Waals surface area contributed by atoms with Crippen molar-refractivity contribution < 1.29 is 9.53 Å². The van der Waals surface area contributed by atoms with Crippen molar-refractivity contribution in [2.45, 2.75) is 31.9 Å². The Hall–Kier alpha value is -2.58. The molecule has 3 aromatic heterocycles. The number of hydrogen-bond donors (Lipinski definition) is 1. The van der Waals surface area contributed by atoms with E-state index in [0.29, 0.717) is 5.69 Å². The Kier molecular flexibility index (Phi) is 5.03. The van der Waals surface area contributed by atoms with Crippen LogP contribution in [0.3, 0.4) is 0 Å². The van der Waals surface area contributed by atoms with Gasteiger partial charge >= 0.3 is 0 Å². The highest BCUT2D eigenvalue weighted by atomic mass is 32.1. The molecule has 4 rings (SSSR count). The van der Waals surface area contributed by atoms with Crippen molar-refractivity contribution in [1.82, 2.24) is 19.7 Å². The average molecular weight is 369 g/mol. The van der Waals surface area contributed by atoms with Crippen molar-refractivity contribution >= 4 is 22.9 Å². The molecule has 7 nitrogen and oxygen atoms in total. The molecule has 1 fully saturated rings. The summed E-state index contributed by atoms with van der Waals surface area (Å²) in [4.78, 5) is 21.0. The van der Waals surface area contributed by atoms with Crippen LogP contribution < -0.4 is 5.32 Å². The molecule has 26 heavy (non-hydrogen) atoms. The second kappa shape index (κ2) is 7.76. The molecule has 1 saturated heterocycles. The fourth-order valence-electron chi connectivity index (χ4n) is 2.89. The number of rotatable bonds is 6. The number of ether oxygens (including phenoxy) is 1. The van der Waals surface area contributed by atoms with Crippen LogP contribution in [0.5, 0.6) is 0 Å². The molecule has 1 amide bonds. The van der Waals surface area contributed by atoms with Gasteiger partial charge in [-0.1, -0.05) is 6.07 Å². The van der Waals surface area contributed by atoms with E-state index < -0.39 is 0 Å².